The van der Waals surface area contributed by atoms with Gasteiger partial charge in [0.05, 0.1) is 25.2 Å². The summed E-state index contributed by atoms with van der Waals surface area (Å²) in [5, 5.41) is 49.0. The standard InChI is InChI=1S/C43H77N17O14/c1-19(2)16-27(36(68)56-26(11-8-14-51-43(48)49)35(67)58-28(18-61)37(69)54-22(5)41(73)74)57-39(71)31(23(6)62)59-38(70)29-12-9-15-60(29)40(72)21(4)53-34(66)25(10-7-13-50-42(46)47)55-32(64)20(3)52-33(65)24(44)17-30(45)63/h19-29,31,61-62H,7-18,44H2,1-6H3,(H2,45,63)(H,52,65)(H,53,66)(H,54,69)(H,55,64)(H,56,68)(H,57,71)(H,58,67)(H,59,70)(H,73,74)(H4,46,47,50)(H4,48,49,51)/t20-,21-,22-,23+,24-,25-,26-,27-,28-,29-,31-/m0/s1. The third-order valence-electron chi connectivity index (χ3n) is 11.2. The number of nitrogens with zero attached hydrogens (tertiary/aromatic N) is 3. The van der Waals surface area contributed by atoms with E-state index in [1.165, 1.54) is 25.7 Å². The number of nitrogens with one attached hydrogen (secondary N) is 8. The molecule has 31 nitrogen and oxygen atoms in total. The number of aliphatic hydroxyl groups excluding tert-OH is 2. The van der Waals surface area contributed by atoms with E-state index in [0.29, 0.717) is 6.42 Å². The van der Waals surface area contributed by atoms with Gasteiger partial charge in [-0.2, -0.15) is 0 Å². The van der Waals surface area contributed by atoms with E-state index in [2.05, 4.69) is 52.5 Å². The van der Waals surface area contributed by atoms with Crippen LogP contribution in [0.4, 0.5) is 0 Å². The van der Waals surface area contributed by atoms with Crippen molar-refractivity contribution in [3.05, 3.63) is 0 Å². The maximum absolute atomic E-state index is 13.9. The number of carbonyl (C=O) groups is 11. The molecule has 0 radical (unpaired) electrons. The van der Waals surface area contributed by atoms with E-state index < -0.39 is 145 Å². The van der Waals surface area contributed by atoms with Crippen molar-refractivity contribution in [3.8, 4) is 0 Å². The second-order valence-electron chi connectivity index (χ2n) is 18.2. The Hall–Kier alpha value is -7.41. The number of guanidine groups is 2. The van der Waals surface area contributed by atoms with Gasteiger partial charge in [0, 0.05) is 19.6 Å². The average Bonchev–Trinajstić information content (AvgIpc) is 3.80. The summed E-state index contributed by atoms with van der Waals surface area (Å²) < 4.78 is 0. The fourth-order valence-corrected chi connectivity index (χ4v) is 7.20. The fourth-order valence-electron chi connectivity index (χ4n) is 7.20. The largest absolute Gasteiger partial charge is 0.480 e. The predicted molar refractivity (Wildman–Crippen MR) is 265 cm³/mol. The lowest BCUT2D eigenvalue weighted by atomic mass is 10.0. The molecule has 0 unspecified atom stereocenters. The highest BCUT2D eigenvalue weighted by molar-refractivity contribution is 5.99. The number of hydrogen-bond donors (Lipinski definition) is 17. The first-order chi connectivity index (χ1) is 34.5. The third-order valence-corrected chi connectivity index (χ3v) is 11.2. The molecule has 0 spiro atoms. The molecule has 418 valence electrons. The summed E-state index contributed by atoms with van der Waals surface area (Å²) in [5.74, 6) is -11.0. The molecule has 1 rings (SSSR count). The Balaban J connectivity index is 3.27. The number of aliphatic imine (C=N–C) groups is 2. The number of hydrogen-bond acceptors (Lipinski definition) is 16. The van der Waals surface area contributed by atoms with Gasteiger partial charge in [-0.1, -0.05) is 13.8 Å². The lowest BCUT2D eigenvalue weighted by Crippen LogP contribution is -2.61. The van der Waals surface area contributed by atoms with E-state index in [0.717, 1.165) is 6.92 Å². The molecule has 0 aliphatic carbocycles. The van der Waals surface area contributed by atoms with Gasteiger partial charge in [0.15, 0.2) is 11.9 Å². The molecule has 0 aromatic heterocycles. The number of rotatable bonds is 32. The van der Waals surface area contributed by atoms with Gasteiger partial charge in [0.2, 0.25) is 59.1 Å². The van der Waals surface area contributed by atoms with Crippen molar-refractivity contribution in [1.82, 2.24) is 47.4 Å². The minimum Gasteiger partial charge on any atom is -0.480 e. The number of likely N-dealkylation sites (tertiary alicyclic amines) is 1. The summed E-state index contributed by atoms with van der Waals surface area (Å²) in [6.45, 7) is 7.59. The minimum atomic E-state index is -1.70. The lowest BCUT2D eigenvalue weighted by Gasteiger charge is -2.31. The Morgan fingerprint density at radius 2 is 1.05 bits per heavy atom. The molecule has 23 N–H and O–H groups in total. The third kappa shape index (κ3) is 23.0. The number of carboxylic acid groups (broad SMARTS) is 1. The van der Waals surface area contributed by atoms with E-state index in [1.54, 1.807) is 13.8 Å². The van der Waals surface area contributed by atoms with Gasteiger partial charge < -0.3 is 97.2 Å². The first-order valence-corrected chi connectivity index (χ1v) is 23.9. The number of aliphatic carboxylic acids is 1. The van der Waals surface area contributed by atoms with Gasteiger partial charge in [-0.05, 0) is 78.6 Å². The zero-order chi connectivity index (χ0) is 56.6. The Bertz CT molecular complexity index is 2050. The number of amides is 10. The normalized spacial score (nSPS) is 17.1. The van der Waals surface area contributed by atoms with Crippen LogP contribution in [0.1, 0.15) is 92.9 Å². The van der Waals surface area contributed by atoms with E-state index in [4.69, 9.17) is 34.4 Å². The van der Waals surface area contributed by atoms with Crippen molar-refractivity contribution in [2.45, 2.75) is 159 Å². The molecule has 0 aromatic rings. The molecule has 10 amide bonds. The molecule has 1 saturated heterocycles. The highest BCUT2D eigenvalue weighted by atomic mass is 16.4. The van der Waals surface area contributed by atoms with Gasteiger partial charge in [-0.15, -0.1) is 0 Å². The number of primary amides is 1. The van der Waals surface area contributed by atoms with Crippen LogP contribution in [0.3, 0.4) is 0 Å². The highest BCUT2D eigenvalue weighted by Gasteiger charge is 2.40. The van der Waals surface area contributed by atoms with Crippen molar-refractivity contribution >= 4 is 77.0 Å². The second kappa shape index (κ2) is 31.9. The van der Waals surface area contributed by atoms with Gasteiger partial charge in [0.1, 0.15) is 54.4 Å². The van der Waals surface area contributed by atoms with Gasteiger partial charge in [-0.3, -0.25) is 62.7 Å². The van der Waals surface area contributed by atoms with Crippen LogP contribution in [0.15, 0.2) is 9.98 Å². The molecule has 1 aliphatic rings. The van der Waals surface area contributed by atoms with Crippen LogP contribution in [-0.2, 0) is 52.7 Å². The van der Waals surface area contributed by atoms with Crippen LogP contribution in [0.5, 0.6) is 0 Å². The molecule has 0 bridgehead atoms. The Labute approximate surface area is 427 Å². The highest BCUT2D eigenvalue weighted by Crippen LogP contribution is 2.20. The maximum Gasteiger partial charge on any atom is 0.325 e. The summed E-state index contributed by atoms with van der Waals surface area (Å²) in [4.78, 5) is 152. The molecule has 1 aliphatic heterocycles. The van der Waals surface area contributed by atoms with Crippen LogP contribution in [-0.4, -0.2) is 190 Å². The van der Waals surface area contributed by atoms with Crippen LogP contribution < -0.4 is 76.9 Å². The average molecular weight is 1060 g/mol. The van der Waals surface area contributed by atoms with Gasteiger partial charge >= 0.3 is 5.97 Å². The zero-order valence-electron chi connectivity index (χ0n) is 42.6. The summed E-state index contributed by atoms with van der Waals surface area (Å²) in [6, 6.07) is -14.0. The molecular weight excluding hydrogens is 979 g/mol. The van der Waals surface area contributed by atoms with Crippen molar-refractivity contribution < 1.29 is 68.1 Å². The van der Waals surface area contributed by atoms with Crippen molar-refractivity contribution in [3.63, 3.8) is 0 Å². The molecule has 11 atom stereocenters. The Morgan fingerprint density at radius 1 is 0.595 bits per heavy atom. The molecule has 0 aromatic carbocycles. The van der Waals surface area contributed by atoms with Crippen LogP contribution >= 0.6 is 0 Å². The van der Waals surface area contributed by atoms with Crippen molar-refractivity contribution in [1.29, 1.82) is 0 Å². The van der Waals surface area contributed by atoms with Crippen molar-refractivity contribution in [2.24, 2.45) is 50.3 Å². The molecule has 1 heterocycles. The zero-order valence-corrected chi connectivity index (χ0v) is 42.6. The second-order valence-corrected chi connectivity index (χ2v) is 18.2. The summed E-state index contributed by atoms with van der Waals surface area (Å²) >= 11 is 0. The predicted octanol–water partition coefficient (Wildman–Crippen LogP) is -8.27. The first kappa shape index (κ1) is 64.6. The SMILES string of the molecule is CC(C)C[C@H](NC(=O)[C@@H](NC(=O)[C@@H]1CCCN1C(=O)[C@H](C)NC(=O)[C@H](CCCN=C(N)N)NC(=O)[C@H](C)NC(=O)[C@@H](N)CC(N)=O)[C@@H](C)O)C(=O)N[C@@H](CCCN=C(N)N)C(=O)N[C@@H](CO)C(=O)N[C@@H](C)C(=O)O. The van der Waals surface area contributed by atoms with Gasteiger partial charge in [-0.25, -0.2) is 0 Å². The lowest BCUT2D eigenvalue weighted by molar-refractivity contribution is -0.143. The quantitative estimate of drug-likeness (QED) is 0.0169. The smallest absolute Gasteiger partial charge is 0.325 e. The number of carbonyl (C=O) groups excluding carboxylic acids is 10. The van der Waals surface area contributed by atoms with E-state index in [-0.39, 0.29) is 76.0 Å². The fraction of sp³-hybridized carbons (Fsp3) is 0.698. The van der Waals surface area contributed by atoms with Crippen LogP contribution in [0.2, 0.25) is 0 Å². The molecular formula is C43H77N17O14. The molecule has 74 heavy (non-hydrogen) atoms. The maximum atomic E-state index is 13.9. The number of aliphatic hydroxyl groups is 2. The first-order valence-electron chi connectivity index (χ1n) is 23.9. The Morgan fingerprint density at radius 3 is 1.54 bits per heavy atom. The van der Waals surface area contributed by atoms with Crippen molar-refractivity contribution in [2.75, 3.05) is 26.2 Å². The summed E-state index contributed by atoms with van der Waals surface area (Å²) in [7, 11) is 0. The van der Waals surface area contributed by atoms with E-state index in [1.807, 2.05) is 0 Å². The summed E-state index contributed by atoms with van der Waals surface area (Å²) in [6.07, 6.45) is -1.60. The molecule has 31 heteroatoms. The Kier molecular flexibility index (Phi) is 27.9. The monoisotopic (exact) mass is 1060 g/mol. The summed E-state index contributed by atoms with van der Waals surface area (Å²) in [5.41, 5.74) is 32.4. The number of carboxylic acids is 1. The van der Waals surface area contributed by atoms with Gasteiger partial charge in [0.25, 0.3) is 0 Å². The molecule has 1 fully saturated rings. The minimum absolute atomic E-state index is 0.00671. The topological polar surface area (TPSA) is 529 Å². The number of nitrogens with two attached hydrogens (primary N) is 6. The van der Waals surface area contributed by atoms with E-state index in [9.17, 15) is 68.1 Å². The van der Waals surface area contributed by atoms with E-state index >= 15 is 0 Å². The van der Waals surface area contributed by atoms with Crippen LogP contribution in [0, 0.1) is 5.92 Å². The van der Waals surface area contributed by atoms with Crippen LogP contribution in [0.25, 0.3) is 0 Å². The molecule has 0 saturated carbocycles.